The Bertz CT molecular complexity index is 392. The van der Waals surface area contributed by atoms with E-state index in [0.29, 0.717) is 12.1 Å². The summed E-state index contributed by atoms with van der Waals surface area (Å²) < 4.78 is 1.22. The van der Waals surface area contributed by atoms with Gasteiger partial charge in [0.15, 0.2) is 0 Å². The normalized spacial score (nSPS) is 26.1. The zero-order valence-electron chi connectivity index (χ0n) is 10.6. The fourth-order valence-corrected chi connectivity index (χ4v) is 3.11. The van der Waals surface area contributed by atoms with Crippen molar-refractivity contribution >= 4 is 15.9 Å². The van der Waals surface area contributed by atoms with Gasteiger partial charge in [-0.3, -0.25) is 4.90 Å². The van der Waals surface area contributed by atoms with Gasteiger partial charge in [-0.1, -0.05) is 28.1 Å². The highest BCUT2D eigenvalue weighted by atomic mass is 79.9. The first kappa shape index (κ1) is 13.1. The van der Waals surface area contributed by atoms with Crippen LogP contribution in [0.15, 0.2) is 22.7 Å². The molecule has 1 heterocycles. The van der Waals surface area contributed by atoms with Crippen LogP contribution in [-0.2, 0) is 6.54 Å². The molecular weight excluding hydrogens is 276 g/mol. The number of hydrogen-bond donors (Lipinski definition) is 1. The molecule has 2 atom stereocenters. The minimum Gasteiger partial charge on any atom is -0.328 e. The quantitative estimate of drug-likeness (QED) is 0.909. The molecule has 17 heavy (non-hydrogen) atoms. The van der Waals surface area contributed by atoms with Crippen LogP contribution >= 0.6 is 15.9 Å². The summed E-state index contributed by atoms with van der Waals surface area (Å²) in [5, 5.41) is 0. The molecule has 1 aliphatic rings. The molecule has 94 valence electrons. The minimum absolute atomic E-state index is 0.391. The standard InChI is InChI=1S/C14H21BrN2/c1-10-3-4-12(14(15)7-10)9-17-6-5-13(16)8-11(17)2/h3-4,7,11,13H,5-6,8-9,16H2,1-2H3. The van der Waals surface area contributed by atoms with Crippen LogP contribution in [0.4, 0.5) is 0 Å². The molecule has 0 aliphatic carbocycles. The van der Waals surface area contributed by atoms with Gasteiger partial charge in [-0.15, -0.1) is 0 Å². The number of nitrogens with two attached hydrogens (primary N) is 1. The van der Waals surface area contributed by atoms with Crippen molar-refractivity contribution in [1.82, 2.24) is 4.90 Å². The molecule has 0 amide bonds. The number of piperidine rings is 1. The molecule has 0 radical (unpaired) electrons. The molecule has 1 saturated heterocycles. The first-order valence-corrected chi connectivity index (χ1v) is 7.10. The number of aryl methyl sites for hydroxylation is 1. The lowest BCUT2D eigenvalue weighted by molar-refractivity contribution is 0.140. The lowest BCUT2D eigenvalue weighted by Gasteiger charge is -2.36. The number of rotatable bonds is 2. The van der Waals surface area contributed by atoms with Crippen LogP contribution in [0.25, 0.3) is 0 Å². The van der Waals surface area contributed by atoms with Crippen LogP contribution in [0, 0.1) is 6.92 Å². The Morgan fingerprint density at radius 2 is 2.24 bits per heavy atom. The Hall–Kier alpha value is -0.380. The lowest BCUT2D eigenvalue weighted by atomic mass is 9.98. The summed E-state index contributed by atoms with van der Waals surface area (Å²) in [7, 11) is 0. The third-order valence-electron chi connectivity index (χ3n) is 3.64. The number of likely N-dealkylation sites (tertiary alicyclic amines) is 1. The van der Waals surface area contributed by atoms with Gasteiger partial charge in [-0.25, -0.2) is 0 Å². The van der Waals surface area contributed by atoms with Gasteiger partial charge < -0.3 is 5.73 Å². The number of halogens is 1. The molecule has 3 heteroatoms. The van der Waals surface area contributed by atoms with Crippen LogP contribution in [0.3, 0.4) is 0 Å². The topological polar surface area (TPSA) is 29.3 Å². The maximum absolute atomic E-state index is 5.99. The van der Waals surface area contributed by atoms with E-state index in [0.717, 1.165) is 25.9 Å². The van der Waals surface area contributed by atoms with Gasteiger partial charge >= 0.3 is 0 Å². The third-order valence-corrected chi connectivity index (χ3v) is 4.37. The highest BCUT2D eigenvalue weighted by Crippen LogP contribution is 2.24. The van der Waals surface area contributed by atoms with E-state index in [4.69, 9.17) is 5.73 Å². The van der Waals surface area contributed by atoms with Crippen molar-refractivity contribution in [3.63, 3.8) is 0 Å². The zero-order chi connectivity index (χ0) is 12.4. The second-order valence-corrected chi connectivity index (χ2v) is 6.05. The van der Waals surface area contributed by atoms with E-state index in [1.165, 1.54) is 15.6 Å². The van der Waals surface area contributed by atoms with Gasteiger partial charge in [0.05, 0.1) is 0 Å². The predicted octanol–water partition coefficient (Wildman–Crippen LogP) is 3.07. The molecule has 1 aromatic rings. The molecule has 2 N–H and O–H groups in total. The third kappa shape index (κ3) is 3.30. The molecule has 1 aromatic carbocycles. The fraction of sp³-hybridized carbons (Fsp3) is 0.571. The smallest absolute Gasteiger partial charge is 0.0247 e. The van der Waals surface area contributed by atoms with Crippen molar-refractivity contribution in [3.8, 4) is 0 Å². The molecule has 2 nitrogen and oxygen atoms in total. The highest BCUT2D eigenvalue weighted by molar-refractivity contribution is 9.10. The molecule has 2 rings (SSSR count). The van der Waals surface area contributed by atoms with E-state index in [9.17, 15) is 0 Å². The molecule has 0 bridgehead atoms. The second-order valence-electron chi connectivity index (χ2n) is 5.20. The van der Waals surface area contributed by atoms with Gasteiger partial charge in [0.2, 0.25) is 0 Å². The van der Waals surface area contributed by atoms with Crippen molar-refractivity contribution in [2.75, 3.05) is 6.54 Å². The molecule has 1 aliphatic heterocycles. The summed E-state index contributed by atoms with van der Waals surface area (Å²) in [5.41, 5.74) is 8.67. The molecule has 1 fully saturated rings. The van der Waals surface area contributed by atoms with Gasteiger partial charge in [0, 0.05) is 29.6 Å². The summed E-state index contributed by atoms with van der Waals surface area (Å²) in [5.74, 6) is 0. The SMILES string of the molecule is Cc1ccc(CN2CCC(N)CC2C)c(Br)c1. The van der Waals surface area contributed by atoms with Crippen LogP contribution in [0.5, 0.6) is 0 Å². The van der Waals surface area contributed by atoms with Crippen molar-refractivity contribution in [1.29, 1.82) is 0 Å². The Labute approximate surface area is 112 Å². The van der Waals surface area contributed by atoms with E-state index in [2.05, 4.69) is 52.9 Å². The largest absolute Gasteiger partial charge is 0.328 e. The monoisotopic (exact) mass is 296 g/mol. The Balaban J connectivity index is 2.05. The average Bonchev–Trinajstić information content (AvgIpc) is 2.25. The Morgan fingerprint density at radius 3 is 2.88 bits per heavy atom. The summed E-state index contributed by atoms with van der Waals surface area (Å²) in [4.78, 5) is 2.53. The van der Waals surface area contributed by atoms with Crippen LogP contribution in [-0.4, -0.2) is 23.5 Å². The first-order valence-electron chi connectivity index (χ1n) is 6.31. The lowest BCUT2D eigenvalue weighted by Crippen LogP contribution is -2.45. The predicted molar refractivity (Wildman–Crippen MR) is 76.0 cm³/mol. The van der Waals surface area contributed by atoms with E-state index in [1.54, 1.807) is 0 Å². The highest BCUT2D eigenvalue weighted by Gasteiger charge is 2.23. The van der Waals surface area contributed by atoms with Crippen molar-refractivity contribution in [2.24, 2.45) is 5.73 Å². The minimum atomic E-state index is 0.391. The molecule has 0 spiro atoms. The molecule has 0 saturated carbocycles. The fourth-order valence-electron chi connectivity index (χ4n) is 2.49. The van der Waals surface area contributed by atoms with Gasteiger partial charge in [0.25, 0.3) is 0 Å². The molecule has 0 aromatic heterocycles. The Kier molecular flexibility index (Phi) is 4.23. The first-order chi connectivity index (χ1) is 8.06. The van der Waals surface area contributed by atoms with E-state index in [-0.39, 0.29) is 0 Å². The summed E-state index contributed by atoms with van der Waals surface area (Å²) in [6, 6.07) is 7.58. The van der Waals surface area contributed by atoms with Crippen LogP contribution in [0.2, 0.25) is 0 Å². The van der Waals surface area contributed by atoms with Crippen LogP contribution in [0.1, 0.15) is 30.9 Å². The summed E-state index contributed by atoms with van der Waals surface area (Å²) >= 11 is 3.65. The number of nitrogens with zero attached hydrogens (tertiary/aromatic N) is 1. The maximum Gasteiger partial charge on any atom is 0.0247 e. The van der Waals surface area contributed by atoms with Gasteiger partial charge in [-0.05, 0) is 43.9 Å². The van der Waals surface area contributed by atoms with Crippen molar-refractivity contribution in [2.45, 2.75) is 45.3 Å². The molecular formula is C14H21BrN2. The van der Waals surface area contributed by atoms with E-state index < -0.39 is 0 Å². The second kappa shape index (κ2) is 5.51. The van der Waals surface area contributed by atoms with Gasteiger partial charge in [0.1, 0.15) is 0 Å². The summed E-state index contributed by atoms with van der Waals surface area (Å²) in [6.07, 6.45) is 2.23. The number of hydrogen-bond acceptors (Lipinski definition) is 2. The van der Waals surface area contributed by atoms with Crippen LogP contribution < -0.4 is 5.73 Å². The zero-order valence-corrected chi connectivity index (χ0v) is 12.2. The summed E-state index contributed by atoms with van der Waals surface area (Å²) in [6.45, 7) is 6.54. The van der Waals surface area contributed by atoms with E-state index in [1.807, 2.05) is 0 Å². The molecule has 2 unspecified atom stereocenters. The number of benzene rings is 1. The van der Waals surface area contributed by atoms with Gasteiger partial charge in [-0.2, -0.15) is 0 Å². The maximum atomic E-state index is 5.99. The Morgan fingerprint density at radius 1 is 1.47 bits per heavy atom. The van der Waals surface area contributed by atoms with Crippen molar-refractivity contribution < 1.29 is 0 Å². The average molecular weight is 297 g/mol. The van der Waals surface area contributed by atoms with Crippen molar-refractivity contribution in [3.05, 3.63) is 33.8 Å². The van der Waals surface area contributed by atoms with E-state index >= 15 is 0 Å².